The summed E-state index contributed by atoms with van der Waals surface area (Å²) >= 11 is 1.26. The number of aromatic nitrogens is 3. The molecule has 0 aliphatic rings. The molecular formula is C15H14F2N4O2S. The lowest BCUT2D eigenvalue weighted by Gasteiger charge is -2.06. The van der Waals surface area contributed by atoms with Crippen LogP contribution in [0.1, 0.15) is 12.6 Å². The topological polar surface area (TPSA) is 68.5 Å². The van der Waals surface area contributed by atoms with Gasteiger partial charge in [0.15, 0.2) is 11.6 Å². The van der Waals surface area contributed by atoms with Gasteiger partial charge in [-0.1, -0.05) is 18.3 Å². The highest BCUT2D eigenvalue weighted by Crippen LogP contribution is 2.17. The van der Waals surface area contributed by atoms with Crippen LogP contribution in [-0.2, 0) is 6.42 Å². The number of halogens is 2. The van der Waals surface area contributed by atoms with Crippen molar-refractivity contribution in [2.45, 2.75) is 13.3 Å². The maximum atomic E-state index is 13.1. The quantitative estimate of drug-likeness (QED) is 0.691. The van der Waals surface area contributed by atoms with E-state index in [0.29, 0.717) is 23.1 Å². The van der Waals surface area contributed by atoms with E-state index in [0.717, 1.165) is 17.8 Å². The minimum Gasteiger partial charge on any atom is -0.492 e. The Bertz CT molecular complexity index is 925. The maximum absolute atomic E-state index is 13.1. The molecule has 3 rings (SSSR count). The highest BCUT2D eigenvalue weighted by molar-refractivity contribution is 7.20. The molecule has 2 aromatic heterocycles. The van der Waals surface area contributed by atoms with Crippen LogP contribution in [0.5, 0.6) is 5.75 Å². The summed E-state index contributed by atoms with van der Waals surface area (Å²) in [5.74, 6) is -1.63. The molecule has 0 aliphatic carbocycles. The van der Waals surface area contributed by atoms with Crippen LogP contribution in [0.15, 0.2) is 29.1 Å². The number of hydrogen-bond acceptors (Lipinski definition) is 6. The Kier molecular flexibility index (Phi) is 4.70. The number of nitrogens with one attached hydrogen (secondary N) is 1. The highest BCUT2D eigenvalue weighted by atomic mass is 32.1. The van der Waals surface area contributed by atoms with Crippen molar-refractivity contribution in [3.63, 3.8) is 0 Å². The fraction of sp³-hybridized carbons (Fsp3) is 0.267. The molecule has 2 heterocycles. The fourth-order valence-corrected chi connectivity index (χ4v) is 2.85. The number of benzene rings is 1. The van der Waals surface area contributed by atoms with Gasteiger partial charge in [-0.2, -0.15) is 4.52 Å². The van der Waals surface area contributed by atoms with Crippen LogP contribution in [0.2, 0.25) is 0 Å². The van der Waals surface area contributed by atoms with Gasteiger partial charge < -0.3 is 10.1 Å². The van der Waals surface area contributed by atoms with Crippen LogP contribution in [0.4, 0.5) is 13.9 Å². The van der Waals surface area contributed by atoms with Gasteiger partial charge in [-0.15, -0.1) is 5.10 Å². The molecule has 126 valence electrons. The summed E-state index contributed by atoms with van der Waals surface area (Å²) in [6.07, 6.45) is 0.675. The average Bonchev–Trinajstić information content (AvgIpc) is 2.98. The van der Waals surface area contributed by atoms with Crippen molar-refractivity contribution in [2.24, 2.45) is 0 Å². The number of ether oxygens (including phenoxy) is 1. The molecule has 0 bridgehead atoms. The van der Waals surface area contributed by atoms with E-state index in [1.54, 1.807) is 0 Å². The third kappa shape index (κ3) is 3.51. The summed E-state index contributed by atoms with van der Waals surface area (Å²) in [6.45, 7) is 2.53. The second-order valence-corrected chi connectivity index (χ2v) is 5.85. The Morgan fingerprint density at radius 2 is 2.12 bits per heavy atom. The molecule has 0 aliphatic heterocycles. The van der Waals surface area contributed by atoms with Crippen molar-refractivity contribution in [1.82, 2.24) is 14.6 Å². The van der Waals surface area contributed by atoms with E-state index in [9.17, 15) is 13.6 Å². The van der Waals surface area contributed by atoms with Crippen molar-refractivity contribution in [1.29, 1.82) is 0 Å². The van der Waals surface area contributed by atoms with Gasteiger partial charge in [-0.25, -0.2) is 13.8 Å². The van der Waals surface area contributed by atoms with Crippen molar-refractivity contribution in [3.05, 3.63) is 51.9 Å². The van der Waals surface area contributed by atoms with E-state index in [1.807, 2.05) is 6.92 Å². The Morgan fingerprint density at radius 3 is 2.88 bits per heavy atom. The number of hydrogen-bond donors (Lipinski definition) is 1. The molecule has 0 atom stereocenters. The van der Waals surface area contributed by atoms with Crippen molar-refractivity contribution in [3.8, 4) is 5.75 Å². The summed E-state index contributed by atoms with van der Waals surface area (Å²) in [7, 11) is 0. The fourth-order valence-electron chi connectivity index (χ4n) is 2.00. The predicted molar refractivity (Wildman–Crippen MR) is 86.9 cm³/mol. The first kappa shape index (κ1) is 16.3. The third-order valence-corrected chi connectivity index (χ3v) is 4.06. The first-order chi connectivity index (χ1) is 11.6. The Balaban J connectivity index is 1.60. The molecular weight excluding hydrogens is 338 g/mol. The second kappa shape index (κ2) is 6.91. The SMILES string of the molecule is CCc1cc(=O)n2nc(NCCOc3ccc(F)c(F)c3)sc2n1. The standard InChI is InChI=1S/C15H14F2N4O2S/c1-2-9-7-13(22)21-15(19-9)24-14(20-21)18-5-6-23-10-3-4-11(16)12(17)8-10/h3-4,7-8H,2,5-6H2,1H3,(H,18,20). The van der Waals surface area contributed by atoms with E-state index in [2.05, 4.69) is 15.4 Å². The van der Waals surface area contributed by atoms with Crippen LogP contribution in [0.3, 0.4) is 0 Å². The molecule has 1 N–H and O–H groups in total. The van der Waals surface area contributed by atoms with E-state index >= 15 is 0 Å². The number of nitrogens with zero attached hydrogens (tertiary/aromatic N) is 3. The average molecular weight is 352 g/mol. The summed E-state index contributed by atoms with van der Waals surface area (Å²) in [5.41, 5.74) is 0.496. The van der Waals surface area contributed by atoms with E-state index in [1.165, 1.54) is 28.0 Å². The minimum absolute atomic E-state index is 0.223. The molecule has 0 spiro atoms. The van der Waals surface area contributed by atoms with Crippen LogP contribution >= 0.6 is 11.3 Å². The highest BCUT2D eigenvalue weighted by Gasteiger charge is 2.08. The third-order valence-electron chi connectivity index (χ3n) is 3.20. The molecule has 3 aromatic rings. The molecule has 0 unspecified atom stereocenters. The zero-order valence-corrected chi connectivity index (χ0v) is 13.6. The van der Waals surface area contributed by atoms with E-state index in [4.69, 9.17) is 4.74 Å². The first-order valence-electron chi connectivity index (χ1n) is 7.28. The molecule has 9 heteroatoms. The Morgan fingerprint density at radius 1 is 1.29 bits per heavy atom. The molecule has 0 fully saturated rings. The lowest BCUT2D eigenvalue weighted by atomic mass is 10.3. The predicted octanol–water partition coefficient (Wildman–Crippen LogP) is 2.48. The molecule has 0 saturated carbocycles. The molecule has 0 saturated heterocycles. The lowest BCUT2D eigenvalue weighted by molar-refractivity contribution is 0.329. The zero-order valence-electron chi connectivity index (χ0n) is 12.8. The Labute approximate surface area is 139 Å². The van der Waals surface area contributed by atoms with Gasteiger partial charge in [0.1, 0.15) is 12.4 Å². The van der Waals surface area contributed by atoms with Gasteiger partial charge in [-0.3, -0.25) is 4.79 Å². The van der Waals surface area contributed by atoms with E-state index in [-0.39, 0.29) is 17.9 Å². The van der Waals surface area contributed by atoms with Crippen LogP contribution < -0.4 is 15.6 Å². The monoisotopic (exact) mass is 352 g/mol. The number of rotatable bonds is 6. The molecule has 0 radical (unpaired) electrons. The summed E-state index contributed by atoms with van der Waals surface area (Å²) in [5, 5.41) is 7.68. The van der Waals surface area contributed by atoms with Crippen LogP contribution in [-0.4, -0.2) is 27.7 Å². The van der Waals surface area contributed by atoms with Crippen molar-refractivity contribution in [2.75, 3.05) is 18.5 Å². The zero-order chi connectivity index (χ0) is 17.1. The molecule has 1 aromatic carbocycles. The number of fused-ring (bicyclic) bond motifs is 1. The number of anilines is 1. The van der Waals surface area contributed by atoms with Gasteiger partial charge >= 0.3 is 0 Å². The Hall–Kier alpha value is -2.55. The van der Waals surface area contributed by atoms with Gasteiger partial charge in [0.25, 0.3) is 5.56 Å². The van der Waals surface area contributed by atoms with Crippen molar-refractivity contribution < 1.29 is 13.5 Å². The van der Waals surface area contributed by atoms with Gasteiger partial charge in [0.05, 0.1) is 6.54 Å². The van der Waals surface area contributed by atoms with Crippen molar-refractivity contribution >= 4 is 21.4 Å². The lowest BCUT2D eigenvalue weighted by Crippen LogP contribution is -2.16. The summed E-state index contributed by atoms with van der Waals surface area (Å²) in [4.78, 5) is 16.8. The molecule has 24 heavy (non-hydrogen) atoms. The van der Waals surface area contributed by atoms with Gasteiger partial charge in [0, 0.05) is 17.8 Å². The number of aryl methyl sites for hydroxylation is 1. The van der Waals surface area contributed by atoms with E-state index < -0.39 is 11.6 Å². The van der Waals surface area contributed by atoms with Gasteiger partial charge in [0.2, 0.25) is 10.1 Å². The molecule has 6 nitrogen and oxygen atoms in total. The first-order valence-corrected chi connectivity index (χ1v) is 8.10. The summed E-state index contributed by atoms with van der Waals surface area (Å²) in [6, 6.07) is 4.81. The van der Waals surface area contributed by atoms with Crippen LogP contribution in [0.25, 0.3) is 4.96 Å². The maximum Gasteiger partial charge on any atom is 0.275 e. The second-order valence-electron chi connectivity index (χ2n) is 4.89. The smallest absolute Gasteiger partial charge is 0.275 e. The van der Waals surface area contributed by atoms with Crippen LogP contribution in [0, 0.1) is 11.6 Å². The largest absolute Gasteiger partial charge is 0.492 e. The summed E-state index contributed by atoms with van der Waals surface area (Å²) < 4.78 is 32.4. The molecule has 0 amide bonds. The van der Waals surface area contributed by atoms with Gasteiger partial charge in [-0.05, 0) is 18.6 Å². The minimum atomic E-state index is -0.955. The normalized spacial score (nSPS) is 11.0.